The van der Waals surface area contributed by atoms with Crippen LogP contribution in [0.15, 0.2) is 11.6 Å². The number of aliphatic hydroxyl groups is 2. The second-order valence-corrected chi connectivity index (χ2v) is 14.9. The molecule has 0 bridgehead atoms. The van der Waals surface area contributed by atoms with E-state index in [0.717, 1.165) is 25.7 Å². The minimum Gasteiger partial charge on any atom is -0.393 e. The van der Waals surface area contributed by atoms with Crippen LogP contribution >= 0.6 is 0 Å². The zero-order valence-electron chi connectivity index (χ0n) is 22.6. The molecule has 4 aliphatic carbocycles. The number of ether oxygens (including phenoxy) is 2. The van der Waals surface area contributed by atoms with Crippen LogP contribution in [0.25, 0.3) is 0 Å². The van der Waals surface area contributed by atoms with E-state index in [4.69, 9.17) is 9.47 Å². The molecule has 0 aromatic carbocycles. The Hall–Kier alpha value is -0.420. The normalized spacial score (nSPS) is 57.4. The van der Waals surface area contributed by atoms with E-state index >= 15 is 0 Å². The number of rotatable bonds is 2. The third-order valence-corrected chi connectivity index (χ3v) is 13.0. The molecule has 0 aromatic heterocycles. The number of epoxide rings is 1. The van der Waals surface area contributed by atoms with E-state index in [1.54, 1.807) is 5.57 Å². The van der Waals surface area contributed by atoms with E-state index in [1.165, 1.54) is 25.7 Å². The molecule has 2 saturated heterocycles. The highest BCUT2D eigenvalue weighted by atomic mass is 16.7. The first-order valence-corrected chi connectivity index (χ1v) is 14.2. The predicted molar refractivity (Wildman–Crippen MR) is 133 cm³/mol. The molecule has 0 spiro atoms. The summed E-state index contributed by atoms with van der Waals surface area (Å²) in [5, 5.41) is 21.9. The largest absolute Gasteiger partial charge is 0.393 e. The Labute approximate surface area is 206 Å². The summed E-state index contributed by atoms with van der Waals surface area (Å²) in [7, 11) is 0. The number of fused-ring (bicyclic) bond motifs is 5. The zero-order valence-corrected chi connectivity index (χ0v) is 22.6. The van der Waals surface area contributed by atoms with Gasteiger partial charge in [-0.25, -0.2) is 0 Å². The molecule has 192 valence electrons. The number of hydrogen-bond donors (Lipinski definition) is 2. The van der Waals surface area contributed by atoms with E-state index < -0.39 is 6.29 Å². The molecule has 6 rings (SSSR count). The molecule has 3 saturated carbocycles. The molecule has 0 amide bonds. The molecule has 2 aliphatic heterocycles. The Bertz CT molecular complexity index is 892. The monoisotopic (exact) mass is 472 g/mol. The Morgan fingerprint density at radius 3 is 2.29 bits per heavy atom. The van der Waals surface area contributed by atoms with Gasteiger partial charge in [0.05, 0.1) is 17.8 Å². The summed E-state index contributed by atoms with van der Waals surface area (Å²) in [5.41, 5.74) is 2.28. The molecular weight excluding hydrogens is 424 g/mol. The highest BCUT2D eigenvalue weighted by molar-refractivity contribution is 5.33. The molecule has 5 fully saturated rings. The van der Waals surface area contributed by atoms with Crippen LogP contribution in [0.5, 0.6) is 0 Å². The smallest absolute Gasteiger partial charge is 0.158 e. The molecule has 2 N–H and O–H groups in total. The fourth-order valence-corrected chi connectivity index (χ4v) is 10.5. The first-order valence-electron chi connectivity index (χ1n) is 14.2. The van der Waals surface area contributed by atoms with E-state index in [0.29, 0.717) is 17.8 Å². The van der Waals surface area contributed by atoms with Gasteiger partial charge in [-0.3, -0.25) is 0 Å². The van der Waals surface area contributed by atoms with Crippen molar-refractivity contribution in [3.63, 3.8) is 0 Å². The Kier molecular flexibility index (Phi) is 5.01. The van der Waals surface area contributed by atoms with Crippen molar-refractivity contribution in [3.8, 4) is 0 Å². The van der Waals surface area contributed by atoms with Gasteiger partial charge in [-0.15, -0.1) is 0 Å². The third-order valence-electron chi connectivity index (χ3n) is 13.0. The first kappa shape index (κ1) is 23.9. The summed E-state index contributed by atoms with van der Waals surface area (Å²) in [5.74, 6) is 1.89. The Morgan fingerprint density at radius 1 is 0.912 bits per heavy atom. The van der Waals surface area contributed by atoms with Crippen LogP contribution in [0.1, 0.15) is 99.8 Å². The van der Waals surface area contributed by atoms with Crippen LogP contribution in [0, 0.1) is 45.3 Å². The van der Waals surface area contributed by atoms with Crippen LogP contribution < -0.4 is 0 Å². The molecule has 4 heteroatoms. The van der Waals surface area contributed by atoms with Gasteiger partial charge in [-0.2, -0.15) is 0 Å². The van der Waals surface area contributed by atoms with Gasteiger partial charge in [-0.05, 0) is 105 Å². The Balaban J connectivity index is 1.29. The third kappa shape index (κ3) is 2.92. The molecule has 34 heavy (non-hydrogen) atoms. The standard InChI is InChI=1S/C30H48O4/c1-26(2)22-9-8-20-19(28(22,5)13-12-23(26)31)11-15-29(6)18(10-14-30(20,29)7)17-16-21(33-25(17)32)24-27(3,4)34-24/h8,17-19,21-25,31-32H,9-16H2,1-7H3/t17-,18-,19+,21+,22-,23-,24+,25+,28-,29+,30+/m0/s1. The first-order chi connectivity index (χ1) is 15.8. The maximum absolute atomic E-state index is 11.0. The highest BCUT2D eigenvalue weighted by Crippen LogP contribution is 2.73. The fourth-order valence-electron chi connectivity index (χ4n) is 10.5. The lowest BCUT2D eigenvalue weighted by Gasteiger charge is -2.64. The van der Waals surface area contributed by atoms with E-state index in [2.05, 4.69) is 54.5 Å². The molecular formula is C30H48O4. The van der Waals surface area contributed by atoms with Crippen molar-refractivity contribution in [1.29, 1.82) is 0 Å². The number of aliphatic hydroxyl groups excluding tert-OH is 2. The summed E-state index contributed by atoms with van der Waals surface area (Å²) in [6.45, 7) is 16.5. The lowest BCUT2D eigenvalue weighted by molar-refractivity contribution is -0.143. The second kappa shape index (κ2) is 7.11. The van der Waals surface area contributed by atoms with Gasteiger partial charge in [0.1, 0.15) is 6.10 Å². The molecule has 4 nitrogen and oxygen atoms in total. The van der Waals surface area contributed by atoms with Crippen molar-refractivity contribution in [3.05, 3.63) is 11.6 Å². The second-order valence-electron chi connectivity index (χ2n) is 14.9. The van der Waals surface area contributed by atoms with Crippen molar-refractivity contribution in [2.24, 2.45) is 45.3 Å². The molecule has 0 radical (unpaired) electrons. The zero-order chi connectivity index (χ0) is 24.5. The highest BCUT2D eigenvalue weighted by Gasteiger charge is 2.67. The fraction of sp³-hybridized carbons (Fsp3) is 0.933. The minimum atomic E-state index is -0.658. The minimum absolute atomic E-state index is 0.0200. The van der Waals surface area contributed by atoms with Crippen molar-refractivity contribution in [2.75, 3.05) is 0 Å². The Morgan fingerprint density at radius 2 is 1.62 bits per heavy atom. The van der Waals surface area contributed by atoms with Crippen LogP contribution in [0.2, 0.25) is 0 Å². The average molecular weight is 473 g/mol. The molecule has 0 unspecified atom stereocenters. The summed E-state index contributed by atoms with van der Waals surface area (Å²) < 4.78 is 12.0. The van der Waals surface area contributed by atoms with Gasteiger partial charge in [0.15, 0.2) is 6.29 Å². The summed E-state index contributed by atoms with van der Waals surface area (Å²) in [6, 6.07) is 0. The topological polar surface area (TPSA) is 62.2 Å². The van der Waals surface area contributed by atoms with Gasteiger partial charge in [0.2, 0.25) is 0 Å². The van der Waals surface area contributed by atoms with Gasteiger partial charge in [0, 0.05) is 5.92 Å². The van der Waals surface area contributed by atoms with Crippen molar-refractivity contribution in [1.82, 2.24) is 0 Å². The van der Waals surface area contributed by atoms with Crippen LogP contribution in [-0.4, -0.2) is 40.4 Å². The van der Waals surface area contributed by atoms with Gasteiger partial charge in [0.25, 0.3) is 0 Å². The number of allylic oxidation sites excluding steroid dienone is 2. The van der Waals surface area contributed by atoms with Crippen LogP contribution in [0.3, 0.4) is 0 Å². The maximum atomic E-state index is 11.0. The molecule has 6 aliphatic rings. The summed E-state index contributed by atoms with van der Waals surface area (Å²) in [6.07, 6.45) is 11.0. The van der Waals surface area contributed by atoms with Crippen LogP contribution in [-0.2, 0) is 9.47 Å². The van der Waals surface area contributed by atoms with E-state index in [-0.39, 0.29) is 51.5 Å². The van der Waals surface area contributed by atoms with E-state index in [9.17, 15) is 10.2 Å². The average Bonchev–Trinajstić information content (AvgIpc) is 3.08. The SMILES string of the molecule is CC1(C)O[C@@H]1[C@H]1C[C@@H]([C@@H]2CC[C@]3(C)C4=CC[C@H]5C(C)(C)[C@@H](O)CC[C@@]5(C)[C@@H]4CC[C@]23C)[C@H](O)O1. The van der Waals surface area contributed by atoms with Crippen molar-refractivity contribution in [2.45, 2.75) is 130 Å². The molecule has 2 heterocycles. The van der Waals surface area contributed by atoms with Gasteiger partial charge < -0.3 is 19.7 Å². The summed E-state index contributed by atoms with van der Waals surface area (Å²) in [4.78, 5) is 0. The summed E-state index contributed by atoms with van der Waals surface area (Å²) >= 11 is 0. The predicted octanol–water partition coefficient (Wildman–Crippen LogP) is 5.85. The lowest BCUT2D eigenvalue weighted by atomic mass is 9.41. The van der Waals surface area contributed by atoms with Gasteiger partial charge >= 0.3 is 0 Å². The van der Waals surface area contributed by atoms with Crippen LogP contribution in [0.4, 0.5) is 0 Å². The van der Waals surface area contributed by atoms with Crippen molar-refractivity contribution < 1.29 is 19.7 Å². The molecule has 0 aromatic rings. The lowest BCUT2D eigenvalue weighted by Crippen LogP contribution is -2.58. The van der Waals surface area contributed by atoms with Crippen molar-refractivity contribution >= 4 is 0 Å². The van der Waals surface area contributed by atoms with E-state index in [1.807, 2.05) is 0 Å². The van der Waals surface area contributed by atoms with Gasteiger partial charge in [-0.1, -0.05) is 46.3 Å². The maximum Gasteiger partial charge on any atom is 0.158 e. The number of hydrogen-bond acceptors (Lipinski definition) is 4. The molecule has 11 atom stereocenters. The quantitative estimate of drug-likeness (QED) is 0.391.